The maximum atomic E-state index is 4.52. The Labute approximate surface area is 104 Å². The van der Waals surface area contributed by atoms with Crippen LogP contribution in [0.3, 0.4) is 0 Å². The zero-order valence-corrected chi connectivity index (χ0v) is 11.0. The Balaban J connectivity index is 2.64. The molecule has 0 aliphatic carbocycles. The highest BCUT2D eigenvalue weighted by Gasteiger charge is 2.06. The van der Waals surface area contributed by atoms with E-state index in [0.717, 1.165) is 43.1 Å². The maximum absolute atomic E-state index is 4.52. The minimum atomic E-state index is 0.798. The number of aromatic nitrogens is 2. The van der Waals surface area contributed by atoms with Gasteiger partial charge in [0, 0.05) is 37.6 Å². The number of anilines is 1. The predicted octanol–water partition coefficient (Wildman–Crippen LogP) is 1.91. The molecule has 0 unspecified atom stereocenters. The van der Waals surface area contributed by atoms with Crippen molar-refractivity contribution in [1.82, 2.24) is 15.3 Å². The van der Waals surface area contributed by atoms with Gasteiger partial charge in [0.05, 0.1) is 0 Å². The average molecular weight is 234 g/mol. The van der Waals surface area contributed by atoms with Crippen LogP contribution in [0, 0.1) is 6.92 Å². The summed E-state index contributed by atoms with van der Waals surface area (Å²) in [7, 11) is 3.95. The van der Waals surface area contributed by atoms with Gasteiger partial charge in [-0.2, -0.15) is 0 Å². The number of unbranched alkanes of at least 4 members (excludes halogenated alkanes) is 1. The van der Waals surface area contributed by atoms with Crippen molar-refractivity contribution in [2.45, 2.75) is 26.3 Å². The minimum absolute atomic E-state index is 0.798. The molecule has 1 aromatic rings. The lowest BCUT2D eigenvalue weighted by molar-refractivity contribution is 0.761. The van der Waals surface area contributed by atoms with E-state index in [1.54, 1.807) is 0 Å². The molecule has 1 aromatic heterocycles. The van der Waals surface area contributed by atoms with Crippen molar-refractivity contribution in [3.8, 4) is 0 Å². The van der Waals surface area contributed by atoms with Crippen molar-refractivity contribution in [3.05, 3.63) is 30.1 Å². The van der Waals surface area contributed by atoms with E-state index in [1.807, 2.05) is 33.3 Å². The lowest BCUT2D eigenvalue weighted by Gasteiger charge is -2.17. The van der Waals surface area contributed by atoms with Crippen LogP contribution in [0.25, 0.3) is 0 Å². The first kappa shape index (κ1) is 13.6. The van der Waals surface area contributed by atoms with Crippen molar-refractivity contribution in [3.63, 3.8) is 0 Å². The monoisotopic (exact) mass is 234 g/mol. The summed E-state index contributed by atoms with van der Waals surface area (Å²) >= 11 is 0. The van der Waals surface area contributed by atoms with E-state index < -0.39 is 0 Å². The Morgan fingerprint density at radius 2 is 2.29 bits per heavy atom. The summed E-state index contributed by atoms with van der Waals surface area (Å²) in [5.74, 6) is 0.798. The van der Waals surface area contributed by atoms with Gasteiger partial charge in [-0.25, -0.2) is 9.97 Å². The quantitative estimate of drug-likeness (QED) is 0.578. The van der Waals surface area contributed by atoms with E-state index in [2.05, 4.69) is 26.8 Å². The molecule has 0 atom stereocenters. The van der Waals surface area contributed by atoms with Gasteiger partial charge in [-0.3, -0.25) is 0 Å². The minimum Gasteiger partial charge on any atom is -0.344 e. The van der Waals surface area contributed by atoms with Crippen molar-refractivity contribution in [2.24, 2.45) is 0 Å². The van der Waals surface area contributed by atoms with Gasteiger partial charge in [0.1, 0.15) is 0 Å². The van der Waals surface area contributed by atoms with Crippen LogP contribution in [0.2, 0.25) is 0 Å². The van der Waals surface area contributed by atoms with Crippen LogP contribution in [-0.2, 0) is 6.54 Å². The van der Waals surface area contributed by atoms with E-state index in [0.29, 0.717) is 0 Å². The number of nitrogens with one attached hydrogen (secondary N) is 1. The summed E-state index contributed by atoms with van der Waals surface area (Å²) in [6, 6.07) is 0. The van der Waals surface area contributed by atoms with Gasteiger partial charge in [0.25, 0.3) is 0 Å². The molecule has 0 aliphatic heterocycles. The van der Waals surface area contributed by atoms with Crippen molar-refractivity contribution in [1.29, 1.82) is 0 Å². The lowest BCUT2D eigenvalue weighted by Crippen LogP contribution is -2.21. The Morgan fingerprint density at radius 3 is 2.88 bits per heavy atom. The van der Waals surface area contributed by atoms with E-state index in [1.165, 1.54) is 0 Å². The fourth-order valence-electron chi connectivity index (χ4n) is 1.60. The molecule has 0 aliphatic rings. The summed E-state index contributed by atoms with van der Waals surface area (Å²) < 4.78 is 0. The van der Waals surface area contributed by atoms with E-state index in [-0.39, 0.29) is 0 Å². The summed E-state index contributed by atoms with van der Waals surface area (Å²) in [5, 5.41) is 3.11. The molecular formula is C13H22N4. The van der Waals surface area contributed by atoms with Gasteiger partial charge in [-0.15, -0.1) is 6.58 Å². The van der Waals surface area contributed by atoms with Crippen molar-refractivity contribution < 1.29 is 0 Å². The van der Waals surface area contributed by atoms with Gasteiger partial charge in [0.15, 0.2) is 0 Å². The highest BCUT2D eigenvalue weighted by molar-refractivity contribution is 5.31. The average Bonchev–Trinajstić information content (AvgIpc) is 2.32. The molecule has 4 nitrogen and oxygen atoms in total. The van der Waals surface area contributed by atoms with Crippen LogP contribution in [0.15, 0.2) is 18.9 Å². The third kappa shape index (κ3) is 4.15. The Morgan fingerprint density at radius 1 is 1.53 bits per heavy atom. The molecule has 0 fully saturated rings. The number of hydrogen-bond donors (Lipinski definition) is 1. The molecule has 17 heavy (non-hydrogen) atoms. The SMILES string of the molecule is C=CCCCN(C)c1ncc(CNC)c(C)n1. The number of aryl methyl sites for hydroxylation is 1. The standard InChI is InChI=1S/C13H22N4/c1-5-6-7-8-17(4)13-15-10-12(9-14-3)11(2)16-13/h5,10,14H,1,6-9H2,2-4H3. The molecule has 0 bridgehead atoms. The van der Waals surface area contributed by atoms with E-state index >= 15 is 0 Å². The van der Waals surface area contributed by atoms with Crippen LogP contribution in [-0.4, -0.2) is 30.6 Å². The van der Waals surface area contributed by atoms with Crippen molar-refractivity contribution in [2.75, 3.05) is 25.5 Å². The molecule has 0 amide bonds. The second-order valence-electron chi connectivity index (χ2n) is 4.16. The largest absolute Gasteiger partial charge is 0.344 e. The normalized spacial score (nSPS) is 10.3. The molecular weight excluding hydrogens is 212 g/mol. The maximum Gasteiger partial charge on any atom is 0.225 e. The second-order valence-corrected chi connectivity index (χ2v) is 4.16. The molecule has 0 aromatic carbocycles. The predicted molar refractivity (Wildman–Crippen MR) is 72.2 cm³/mol. The first-order valence-corrected chi connectivity index (χ1v) is 5.98. The zero-order valence-electron chi connectivity index (χ0n) is 11.0. The first-order valence-electron chi connectivity index (χ1n) is 5.98. The van der Waals surface area contributed by atoms with Crippen LogP contribution in [0.5, 0.6) is 0 Å². The number of allylic oxidation sites excluding steroid dienone is 1. The van der Waals surface area contributed by atoms with Crippen LogP contribution in [0.1, 0.15) is 24.1 Å². The van der Waals surface area contributed by atoms with Crippen LogP contribution >= 0.6 is 0 Å². The van der Waals surface area contributed by atoms with Crippen molar-refractivity contribution >= 4 is 5.95 Å². The molecule has 0 spiro atoms. The first-order chi connectivity index (χ1) is 8.19. The fraction of sp³-hybridized carbons (Fsp3) is 0.538. The number of nitrogens with zero attached hydrogens (tertiary/aromatic N) is 3. The molecule has 1 heterocycles. The molecule has 1 N–H and O–H groups in total. The second kappa shape index (κ2) is 7.01. The van der Waals surface area contributed by atoms with E-state index in [4.69, 9.17) is 0 Å². The number of rotatable bonds is 7. The van der Waals surface area contributed by atoms with Gasteiger partial charge < -0.3 is 10.2 Å². The molecule has 1 rings (SSSR count). The third-order valence-electron chi connectivity index (χ3n) is 2.68. The summed E-state index contributed by atoms with van der Waals surface area (Å²) in [4.78, 5) is 11.0. The van der Waals surface area contributed by atoms with Gasteiger partial charge in [0.2, 0.25) is 5.95 Å². The Kier molecular flexibility index (Phi) is 5.63. The van der Waals surface area contributed by atoms with Gasteiger partial charge >= 0.3 is 0 Å². The van der Waals surface area contributed by atoms with E-state index in [9.17, 15) is 0 Å². The Bertz CT molecular complexity index is 362. The van der Waals surface area contributed by atoms with Gasteiger partial charge in [-0.05, 0) is 26.8 Å². The summed E-state index contributed by atoms with van der Waals surface area (Å²) in [6.07, 6.45) is 5.95. The third-order valence-corrected chi connectivity index (χ3v) is 2.68. The van der Waals surface area contributed by atoms with Gasteiger partial charge in [-0.1, -0.05) is 6.08 Å². The topological polar surface area (TPSA) is 41.1 Å². The summed E-state index contributed by atoms with van der Waals surface area (Å²) in [5.41, 5.74) is 2.19. The lowest BCUT2D eigenvalue weighted by atomic mass is 10.2. The molecule has 0 saturated heterocycles. The molecule has 0 radical (unpaired) electrons. The molecule has 94 valence electrons. The highest BCUT2D eigenvalue weighted by Crippen LogP contribution is 2.10. The highest BCUT2D eigenvalue weighted by atomic mass is 15.2. The number of hydrogen-bond acceptors (Lipinski definition) is 4. The van der Waals surface area contributed by atoms with Crippen LogP contribution < -0.4 is 10.2 Å². The zero-order chi connectivity index (χ0) is 12.7. The molecule has 4 heteroatoms. The fourth-order valence-corrected chi connectivity index (χ4v) is 1.60. The summed E-state index contributed by atoms with van der Waals surface area (Å²) in [6.45, 7) is 7.51. The molecule has 0 saturated carbocycles. The van der Waals surface area contributed by atoms with Crippen LogP contribution in [0.4, 0.5) is 5.95 Å². The Hall–Kier alpha value is -1.42. The smallest absolute Gasteiger partial charge is 0.225 e.